The van der Waals surface area contributed by atoms with Crippen LogP contribution in [0.2, 0.25) is 0 Å². The van der Waals surface area contributed by atoms with Gasteiger partial charge in [0.15, 0.2) is 0 Å². The Kier molecular flexibility index (Phi) is 3.58. The third kappa shape index (κ3) is 2.50. The molecule has 0 spiro atoms. The minimum Gasteiger partial charge on any atom is -0.166 e. The number of halogens is 4. The van der Waals surface area contributed by atoms with E-state index in [2.05, 4.69) is 6.58 Å². The first-order valence-electron chi connectivity index (χ1n) is 3.92. The van der Waals surface area contributed by atoms with Crippen LogP contribution in [-0.4, -0.2) is 0 Å². The maximum Gasteiger partial charge on any atom is 0.417 e. The largest absolute Gasteiger partial charge is 0.417 e. The summed E-state index contributed by atoms with van der Waals surface area (Å²) in [5, 5.41) is 0. The lowest BCUT2D eigenvalue weighted by Crippen LogP contribution is -2.08. The van der Waals surface area contributed by atoms with Gasteiger partial charge in [0.2, 0.25) is 0 Å². The van der Waals surface area contributed by atoms with Crippen LogP contribution < -0.4 is 0 Å². The molecule has 14 heavy (non-hydrogen) atoms. The Balaban J connectivity index is 3.20. The Morgan fingerprint density at radius 1 is 1.36 bits per heavy atom. The van der Waals surface area contributed by atoms with Crippen molar-refractivity contribution < 1.29 is 13.2 Å². The van der Waals surface area contributed by atoms with Crippen LogP contribution in [0.5, 0.6) is 0 Å². The average molecular weight is 312 g/mol. The molecule has 0 amide bonds. The van der Waals surface area contributed by atoms with Crippen molar-refractivity contribution in [2.24, 2.45) is 0 Å². The Labute approximate surface area is 94.0 Å². The van der Waals surface area contributed by atoms with Crippen LogP contribution in [0.25, 0.3) is 0 Å². The molecule has 0 fully saturated rings. The van der Waals surface area contributed by atoms with Crippen molar-refractivity contribution >= 4 is 22.6 Å². The number of alkyl halides is 3. The molecule has 0 heterocycles. The molecule has 0 saturated heterocycles. The van der Waals surface area contributed by atoms with E-state index in [9.17, 15) is 13.2 Å². The van der Waals surface area contributed by atoms with E-state index < -0.39 is 11.7 Å². The maximum absolute atomic E-state index is 12.4. The minimum absolute atomic E-state index is 0.262. The van der Waals surface area contributed by atoms with Crippen molar-refractivity contribution in [3.63, 3.8) is 0 Å². The molecule has 0 radical (unpaired) electrons. The fourth-order valence-corrected chi connectivity index (χ4v) is 2.00. The summed E-state index contributed by atoms with van der Waals surface area (Å²) in [6, 6.07) is 4.19. The van der Waals surface area contributed by atoms with E-state index in [0.29, 0.717) is 12.0 Å². The summed E-state index contributed by atoms with van der Waals surface area (Å²) < 4.78 is 37.6. The van der Waals surface area contributed by atoms with Crippen LogP contribution in [0, 0.1) is 3.57 Å². The lowest BCUT2D eigenvalue weighted by molar-refractivity contribution is -0.138. The molecule has 4 heteroatoms. The summed E-state index contributed by atoms with van der Waals surface area (Å²) in [4.78, 5) is 0. The highest BCUT2D eigenvalue weighted by Crippen LogP contribution is 2.34. The van der Waals surface area contributed by atoms with Crippen LogP contribution in [-0.2, 0) is 12.6 Å². The van der Waals surface area contributed by atoms with Gasteiger partial charge in [-0.05, 0) is 40.6 Å². The second-order valence-corrected chi connectivity index (χ2v) is 3.85. The van der Waals surface area contributed by atoms with E-state index >= 15 is 0 Å². The molecule has 0 nitrogen and oxygen atoms in total. The fraction of sp³-hybridized carbons (Fsp3) is 0.200. The summed E-state index contributed by atoms with van der Waals surface area (Å²) in [6.45, 7) is 3.50. The van der Waals surface area contributed by atoms with Crippen LogP contribution in [0.1, 0.15) is 11.1 Å². The van der Waals surface area contributed by atoms with Gasteiger partial charge in [0.1, 0.15) is 0 Å². The molecule has 0 aromatic heterocycles. The molecule has 1 aromatic carbocycles. The molecule has 0 aliphatic heterocycles. The average Bonchev–Trinajstić information content (AvgIpc) is 2.07. The van der Waals surface area contributed by atoms with E-state index in [1.807, 2.05) is 0 Å². The smallest absolute Gasteiger partial charge is 0.166 e. The van der Waals surface area contributed by atoms with Crippen molar-refractivity contribution in [2.45, 2.75) is 12.6 Å². The number of allylic oxidation sites excluding steroid dienone is 1. The molecule has 0 aliphatic rings. The van der Waals surface area contributed by atoms with Gasteiger partial charge in [0.25, 0.3) is 0 Å². The number of hydrogen-bond donors (Lipinski definition) is 0. The molecule has 76 valence electrons. The Morgan fingerprint density at radius 3 is 2.50 bits per heavy atom. The predicted molar refractivity (Wildman–Crippen MR) is 58.1 cm³/mol. The van der Waals surface area contributed by atoms with Crippen molar-refractivity contribution in [2.75, 3.05) is 0 Å². The molecule has 0 bridgehead atoms. The summed E-state index contributed by atoms with van der Waals surface area (Å²) in [5.41, 5.74) is 0.0906. The fourth-order valence-electron chi connectivity index (χ4n) is 1.11. The van der Waals surface area contributed by atoms with Crippen molar-refractivity contribution in [1.29, 1.82) is 0 Å². The van der Waals surface area contributed by atoms with Crippen LogP contribution in [0.15, 0.2) is 30.9 Å². The van der Waals surface area contributed by atoms with Crippen LogP contribution in [0.3, 0.4) is 0 Å². The Bertz CT molecular complexity index is 342. The monoisotopic (exact) mass is 312 g/mol. The van der Waals surface area contributed by atoms with Gasteiger partial charge in [-0.15, -0.1) is 6.58 Å². The van der Waals surface area contributed by atoms with Gasteiger partial charge < -0.3 is 0 Å². The highest BCUT2D eigenvalue weighted by Gasteiger charge is 2.33. The van der Waals surface area contributed by atoms with Crippen LogP contribution >= 0.6 is 22.6 Å². The highest BCUT2D eigenvalue weighted by atomic mass is 127. The van der Waals surface area contributed by atoms with E-state index in [4.69, 9.17) is 0 Å². The summed E-state index contributed by atoms with van der Waals surface area (Å²) in [5.74, 6) is 0. The zero-order valence-corrected chi connectivity index (χ0v) is 9.39. The SMILES string of the molecule is C=CCc1cccc(C(F)(F)F)c1I. The third-order valence-corrected chi connectivity index (χ3v) is 3.02. The van der Waals surface area contributed by atoms with Gasteiger partial charge in [-0.3, -0.25) is 0 Å². The van der Waals surface area contributed by atoms with Crippen molar-refractivity contribution in [3.05, 3.63) is 45.6 Å². The molecular formula is C10H8F3I. The second-order valence-electron chi connectivity index (χ2n) is 2.77. The normalized spacial score (nSPS) is 11.4. The predicted octanol–water partition coefficient (Wildman–Crippen LogP) is 4.04. The second kappa shape index (κ2) is 4.33. The van der Waals surface area contributed by atoms with Crippen LogP contribution in [0.4, 0.5) is 13.2 Å². The molecule has 1 aromatic rings. The molecular weight excluding hydrogens is 304 g/mol. The number of hydrogen-bond acceptors (Lipinski definition) is 0. The minimum atomic E-state index is -4.27. The van der Waals surface area contributed by atoms with Gasteiger partial charge in [0.05, 0.1) is 5.56 Å². The summed E-state index contributed by atoms with van der Waals surface area (Å²) >= 11 is 1.72. The standard InChI is InChI=1S/C10H8F3I/c1-2-4-7-5-3-6-8(9(7)14)10(11,12)13/h2-3,5-6H,1,4H2. The molecule has 1 rings (SSSR count). The van der Waals surface area contributed by atoms with E-state index in [1.54, 1.807) is 34.7 Å². The van der Waals surface area contributed by atoms with Crippen molar-refractivity contribution in [3.8, 4) is 0 Å². The quantitative estimate of drug-likeness (QED) is 0.571. The zero-order valence-electron chi connectivity index (χ0n) is 7.24. The highest BCUT2D eigenvalue weighted by molar-refractivity contribution is 14.1. The lowest BCUT2D eigenvalue weighted by atomic mass is 10.1. The molecule has 0 unspecified atom stereocenters. The van der Waals surface area contributed by atoms with E-state index in [0.717, 1.165) is 6.07 Å². The Morgan fingerprint density at radius 2 is 2.00 bits per heavy atom. The van der Waals surface area contributed by atoms with Gasteiger partial charge >= 0.3 is 6.18 Å². The molecule has 0 saturated carbocycles. The first kappa shape index (κ1) is 11.6. The first-order valence-corrected chi connectivity index (χ1v) is 5.00. The Hall–Kier alpha value is -0.520. The number of rotatable bonds is 2. The third-order valence-electron chi connectivity index (χ3n) is 1.75. The molecule has 0 aliphatic carbocycles. The lowest BCUT2D eigenvalue weighted by Gasteiger charge is -2.11. The molecule has 0 atom stereocenters. The van der Waals surface area contributed by atoms with Gasteiger partial charge in [-0.25, -0.2) is 0 Å². The topological polar surface area (TPSA) is 0 Å². The number of benzene rings is 1. The first-order chi connectivity index (χ1) is 6.46. The van der Waals surface area contributed by atoms with Crippen molar-refractivity contribution in [1.82, 2.24) is 0 Å². The molecule has 0 N–H and O–H groups in total. The zero-order chi connectivity index (χ0) is 10.8. The maximum atomic E-state index is 12.4. The van der Waals surface area contributed by atoms with E-state index in [-0.39, 0.29) is 3.57 Å². The van der Waals surface area contributed by atoms with E-state index in [1.165, 1.54) is 6.07 Å². The van der Waals surface area contributed by atoms with Gasteiger partial charge in [-0.1, -0.05) is 18.2 Å². The summed E-state index contributed by atoms with van der Waals surface area (Å²) in [7, 11) is 0. The van der Waals surface area contributed by atoms with Gasteiger partial charge in [-0.2, -0.15) is 13.2 Å². The van der Waals surface area contributed by atoms with Gasteiger partial charge in [0, 0.05) is 3.57 Å². The summed E-state index contributed by atoms with van der Waals surface area (Å²) in [6.07, 6.45) is -2.21.